The maximum atomic E-state index is 12.6. The summed E-state index contributed by atoms with van der Waals surface area (Å²) in [6.07, 6.45) is 4.80. The van der Waals surface area contributed by atoms with Crippen LogP contribution in [0.4, 0.5) is 0 Å². The largest absolute Gasteiger partial charge is 0.392 e. The molecule has 2 rings (SSSR count). The molecule has 0 bridgehead atoms. The van der Waals surface area contributed by atoms with Crippen LogP contribution in [0.25, 0.3) is 0 Å². The lowest BCUT2D eigenvalue weighted by molar-refractivity contribution is -0.137. The second kappa shape index (κ2) is 4.90. The van der Waals surface area contributed by atoms with E-state index in [-0.39, 0.29) is 12.0 Å². The van der Waals surface area contributed by atoms with Gasteiger partial charge in [-0.15, -0.1) is 0 Å². The number of hydrogen-bond acceptors (Lipinski definition) is 3. The van der Waals surface area contributed by atoms with Crippen molar-refractivity contribution in [1.82, 2.24) is 4.90 Å². The predicted octanol–water partition coefficient (Wildman–Crippen LogP) is 1.08. The third kappa shape index (κ3) is 2.18. The molecule has 0 radical (unpaired) electrons. The summed E-state index contributed by atoms with van der Waals surface area (Å²) in [4.78, 5) is 14.8. The molecule has 5 heteroatoms. The number of amides is 1. The topological polar surface area (TPSA) is 55.6 Å². The van der Waals surface area contributed by atoms with Gasteiger partial charge in [0.25, 0.3) is 0 Å². The number of likely N-dealkylation sites (tertiary alicyclic amines) is 1. The molecule has 1 saturated carbocycles. The van der Waals surface area contributed by atoms with Crippen molar-refractivity contribution in [3.63, 3.8) is 0 Å². The molecule has 17 heavy (non-hydrogen) atoms. The van der Waals surface area contributed by atoms with Crippen LogP contribution in [0, 0.1) is 5.41 Å². The smallest absolute Gasteiger partial charge is 0.235 e. The number of methoxy groups -OCH3 is 1. The van der Waals surface area contributed by atoms with Crippen LogP contribution >= 0.6 is 12.2 Å². The van der Waals surface area contributed by atoms with Gasteiger partial charge in [0.1, 0.15) is 0 Å². The molecule has 96 valence electrons. The minimum atomic E-state index is -0.558. The van der Waals surface area contributed by atoms with Crippen molar-refractivity contribution in [2.24, 2.45) is 11.1 Å². The third-order valence-electron chi connectivity index (χ3n) is 4.10. The van der Waals surface area contributed by atoms with Gasteiger partial charge in [-0.2, -0.15) is 0 Å². The highest BCUT2D eigenvalue weighted by molar-refractivity contribution is 7.80. The quantitative estimate of drug-likeness (QED) is 0.768. The van der Waals surface area contributed by atoms with E-state index in [2.05, 4.69) is 0 Å². The second-order valence-electron chi connectivity index (χ2n) is 5.05. The van der Waals surface area contributed by atoms with Crippen molar-refractivity contribution in [2.75, 3.05) is 20.2 Å². The fourth-order valence-electron chi connectivity index (χ4n) is 2.95. The molecule has 1 heterocycles. The predicted molar refractivity (Wildman–Crippen MR) is 69.7 cm³/mol. The van der Waals surface area contributed by atoms with Crippen LogP contribution in [0.1, 0.15) is 32.1 Å². The monoisotopic (exact) mass is 256 g/mol. The van der Waals surface area contributed by atoms with Gasteiger partial charge in [0.2, 0.25) is 5.91 Å². The Labute approximate surface area is 107 Å². The molecule has 1 aliphatic heterocycles. The molecule has 2 N–H and O–H groups in total. The molecule has 0 aromatic heterocycles. The van der Waals surface area contributed by atoms with Gasteiger partial charge >= 0.3 is 0 Å². The van der Waals surface area contributed by atoms with Crippen LogP contribution in [0.15, 0.2) is 0 Å². The van der Waals surface area contributed by atoms with Crippen molar-refractivity contribution in [1.29, 1.82) is 0 Å². The Balaban J connectivity index is 2.10. The number of hydrogen-bond donors (Lipinski definition) is 1. The van der Waals surface area contributed by atoms with Gasteiger partial charge in [0, 0.05) is 20.2 Å². The highest BCUT2D eigenvalue weighted by atomic mass is 32.1. The highest BCUT2D eigenvalue weighted by Crippen LogP contribution is 2.40. The molecule has 0 aromatic carbocycles. The van der Waals surface area contributed by atoms with Gasteiger partial charge in [-0.1, -0.05) is 25.1 Å². The fraction of sp³-hybridized carbons (Fsp3) is 0.833. The summed E-state index contributed by atoms with van der Waals surface area (Å²) in [5.41, 5.74) is 5.26. The van der Waals surface area contributed by atoms with Crippen molar-refractivity contribution < 1.29 is 9.53 Å². The normalized spacial score (nSPS) is 27.4. The lowest BCUT2D eigenvalue weighted by atomic mass is 9.84. The fourth-order valence-corrected chi connectivity index (χ4v) is 3.24. The summed E-state index contributed by atoms with van der Waals surface area (Å²) in [6, 6.07) is 0. The minimum Gasteiger partial charge on any atom is -0.392 e. The summed E-state index contributed by atoms with van der Waals surface area (Å²) in [7, 11) is 1.69. The van der Waals surface area contributed by atoms with Gasteiger partial charge < -0.3 is 15.4 Å². The maximum Gasteiger partial charge on any atom is 0.235 e. The molecular formula is C12H20N2O2S. The Kier molecular flexibility index (Phi) is 3.68. The molecule has 2 fully saturated rings. The molecule has 0 aromatic rings. The number of nitrogens with zero attached hydrogens (tertiary/aromatic N) is 1. The number of ether oxygens (including phenoxy) is 1. The van der Waals surface area contributed by atoms with Crippen molar-refractivity contribution in [2.45, 2.75) is 38.2 Å². The Hall–Kier alpha value is -0.680. The van der Waals surface area contributed by atoms with Crippen molar-refractivity contribution in [3.8, 4) is 0 Å². The number of carbonyl (C=O) groups excluding carboxylic acids is 1. The Morgan fingerprint density at radius 3 is 2.59 bits per heavy atom. The molecular weight excluding hydrogens is 236 g/mol. The van der Waals surface area contributed by atoms with Crippen LogP contribution < -0.4 is 5.73 Å². The molecule has 4 nitrogen and oxygen atoms in total. The standard InChI is InChI=1S/C12H20N2O2S/c1-16-9-4-7-14(8-9)11(15)12(10(13)17)5-2-3-6-12/h9H,2-8H2,1H3,(H2,13,17). The molecule has 1 atom stereocenters. The SMILES string of the molecule is COC1CCN(C(=O)C2(C(N)=S)CCCC2)C1. The second-order valence-corrected chi connectivity index (χ2v) is 5.49. The van der Waals surface area contributed by atoms with Crippen LogP contribution in [-0.4, -0.2) is 42.1 Å². The first-order chi connectivity index (χ1) is 8.10. The lowest BCUT2D eigenvalue weighted by Gasteiger charge is -2.31. The zero-order valence-electron chi connectivity index (χ0n) is 10.3. The zero-order chi connectivity index (χ0) is 12.5. The number of thiocarbonyl (C=S) groups is 1. The Bertz CT molecular complexity index is 326. The summed E-state index contributed by atoms with van der Waals surface area (Å²) in [5, 5.41) is 0. The molecule has 1 aliphatic carbocycles. The van der Waals surface area contributed by atoms with Crippen LogP contribution in [0.2, 0.25) is 0 Å². The van der Waals surface area contributed by atoms with E-state index in [0.717, 1.165) is 38.6 Å². The van der Waals surface area contributed by atoms with Gasteiger partial charge in [0.05, 0.1) is 16.5 Å². The zero-order valence-corrected chi connectivity index (χ0v) is 11.1. The Morgan fingerprint density at radius 2 is 2.12 bits per heavy atom. The Morgan fingerprint density at radius 1 is 1.47 bits per heavy atom. The number of carbonyl (C=O) groups is 1. The van der Waals surface area contributed by atoms with Crippen LogP contribution in [0.3, 0.4) is 0 Å². The molecule has 2 aliphatic rings. The van der Waals surface area contributed by atoms with Gasteiger partial charge in [-0.05, 0) is 19.3 Å². The van der Waals surface area contributed by atoms with Crippen LogP contribution in [-0.2, 0) is 9.53 Å². The lowest BCUT2D eigenvalue weighted by Crippen LogP contribution is -2.48. The van der Waals surface area contributed by atoms with Gasteiger partial charge in [0.15, 0.2) is 0 Å². The first kappa shape index (κ1) is 12.8. The third-order valence-corrected chi connectivity index (χ3v) is 4.49. The van der Waals surface area contributed by atoms with E-state index < -0.39 is 5.41 Å². The molecule has 0 spiro atoms. The summed E-state index contributed by atoms with van der Waals surface area (Å²) >= 11 is 5.14. The minimum absolute atomic E-state index is 0.127. The van der Waals surface area contributed by atoms with Gasteiger partial charge in [-0.25, -0.2) is 0 Å². The number of nitrogens with two attached hydrogens (primary N) is 1. The molecule has 1 unspecified atom stereocenters. The summed E-state index contributed by atoms with van der Waals surface area (Å²) < 4.78 is 5.29. The highest BCUT2D eigenvalue weighted by Gasteiger charge is 2.47. The summed E-state index contributed by atoms with van der Waals surface area (Å²) in [6.45, 7) is 1.45. The average molecular weight is 256 g/mol. The first-order valence-electron chi connectivity index (χ1n) is 6.22. The molecule has 1 saturated heterocycles. The van der Waals surface area contributed by atoms with E-state index in [4.69, 9.17) is 22.7 Å². The van der Waals surface area contributed by atoms with Crippen LogP contribution in [0.5, 0.6) is 0 Å². The van der Waals surface area contributed by atoms with E-state index in [1.807, 2.05) is 4.90 Å². The van der Waals surface area contributed by atoms with E-state index in [1.54, 1.807) is 7.11 Å². The van der Waals surface area contributed by atoms with Crippen molar-refractivity contribution >= 4 is 23.1 Å². The summed E-state index contributed by atoms with van der Waals surface area (Å²) in [5.74, 6) is 0.127. The first-order valence-corrected chi connectivity index (χ1v) is 6.63. The van der Waals surface area contributed by atoms with E-state index >= 15 is 0 Å². The number of rotatable bonds is 3. The maximum absolute atomic E-state index is 12.6. The van der Waals surface area contributed by atoms with E-state index in [9.17, 15) is 4.79 Å². The van der Waals surface area contributed by atoms with E-state index in [0.29, 0.717) is 11.5 Å². The van der Waals surface area contributed by atoms with E-state index in [1.165, 1.54) is 0 Å². The van der Waals surface area contributed by atoms with Gasteiger partial charge in [-0.3, -0.25) is 4.79 Å². The molecule has 1 amide bonds. The average Bonchev–Trinajstić information content (AvgIpc) is 2.98. The van der Waals surface area contributed by atoms with Crippen molar-refractivity contribution in [3.05, 3.63) is 0 Å².